The van der Waals surface area contributed by atoms with Crippen LogP contribution in [0.3, 0.4) is 0 Å². The fraction of sp³-hybridized carbons (Fsp3) is 0.0735. The average molecular weight is 1170 g/mol. The molecule has 0 bridgehead atoms. The maximum atomic E-state index is 12.7. The van der Waals surface area contributed by atoms with Crippen molar-refractivity contribution >= 4 is 55.3 Å². The number of para-hydroxylation sites is 1. The van der Waals surface area contributed by atoms with E-state index in [0.29, 0.717) is 45.2 Å². The number of primary sulfonamides is 1. The Morgan fingerprint density at radius 2 is 0.953 bits per heavy atom. The normalized spacial score (nSPS) is 11.7. The number of halogens is 6. The molecule has 0 amide bonds. The molecule has 0 aliphatic carbocycles. The average Bonchev–Trinajstić information content (AvgIpc) is 4.41. The van der Waals surface area contributed by atoms with Crippen LogP contribution in [0.5, 0.6) is 5.75 Å². The highest BCUT2D eigenvalue weighted by Gasteiger charge is 2.32. The van der Waals surface area contributed by atoms with Gasteiger partial charge in [0, 0.05) is 22.3 Å². The third kappa shape index (κ3) is 14.8. The summed E-state index contributed by atoms with van der Waals surface area (Å²) in [5.74, 6) is 13.6. The molecule has 0 saturated carbocycles. The number of aromatic amines is 3. The molecule has 0 radical (unpaired) electrons. The van der Waals surface area contributed by atoms with E-state index in [2.05, 4.69) is 64.4 Å². The number of nitrogens with two attached hydrogens (primary N) is 1. The Kier molecular flexibility index (Phi) is 16.9. The van der Waals surface area contributed by atoms with Crippen molar-refractivity contribution in [2.45, 2.75) is 36.9 Å². The molecule has 0 unspecified atom stereocenters. The Morgan fingerprint density at radius 3 is 1.48 bits per heavy atom. The van der Waals surface area contributed by atoms with E-state index in [4.69, 9.17) is 5.14 Å². The first-order chi connectivity index (χ1) is 41.1. The maximum Gasteiger partial charge on any atom is 0.573 e. The number of hydrogen-bond acceptors (Lipinski definition) is 7. The van der Waals surface area contributed by atoms with Crippen molar-refractivity contribution in [3.63, 3.8) is 0 Å². The number of imidazole rings is 3. The number of fused-ring (bicyclic) bond motifs is 3. The Hall–Kier alpha value is -10.5. The third-order valence-corrected chi connectivity index (χ3v) is 14.1. The number of rotatable bonds is 8. The van der Waals surface area contributed by atoms with Crippen molar-refractivity contribution in [2.24, 2.45) is 5.14 Å². The first-order valence-electron chi connectivity index (χ1n) is 26.4. The molecule has 9 aromatic carbocycles. The van der Waals surface area contributed by atoms with Gasteiger partial charge in [0.25, 0.3) is 0 Å². The van der Waals surface area contributed by atoms with Crippen LogP contribution in [0.15, 0.2) is 217 Å². The summed E-state index contributed by atoms with van der Waals surface area (Å²) in [7, 11) is -3.82. The van der Waals surface area contributed by atoms with Crippen molar-refractivity contribution in [1.82, 2.24) is 29.9 Å². The number of nitrogens with zero attached hydrogens (tertiary/aromatic N) is 3. The summed E-state index contributed by atoms with van der Waals surface area (Å²) in [6, 6.07) is 61.1. The van der Waals surface area contributed by atoms with Gasteiger partial charge in [-0.15, -0.1) is 13.2 Å². The molecule has 0 atom stereocenters. The van der Waals surface area contributed by atoms with Gasteiger partial charge < -0.3 is 24.8 Å². The Bertz CT molecular complexity index is 4680. The predicted octanol–water partition coefficient (Wildman–Crippen LogP) is 15.5. The van der Waals surface area contributed by atoms with Crippen LogP contribution in [0.2, 0.25) is 0 Å². The van der Waals surface area contributed by atoms with Crippen molar-refractivity contribution in [1.29, 1.82) is 0 Å². The molecule has 12 aromatic rings. The number of sulfonamides is 1. The van der Waals surface area contributed by atoms with Crippen molar-refractivity contribution in [2.75, 3.05) is 0 Å². The van der Waals surface area contributed by atoms with Gasteiger partial charge in [-0.05, 0) is 150 Å². The van der Waals surface area contributed by atoms with Crippen LogP contribution in [0.25, 0.3) is 78.6 Å². The molecule has 0 spiro atoms. The number of hydrogen-bond donors (Lipinski definition) is 5. The second-order valence-corrected chi connectivity index (χ2v) is 21.4. The Labute approximate surface area is 490 Å². The van der Waals surface area contributed by atoms with E-state index < -0.39 is 33.7 Å². The molecule has 0 aliphatic rings. The summed E-state index contributed by atoms with van der Waals surface area (Å²) in [6.07, 6.45) is -6.01. The van der Waals surface area contributed by atoms with Gasteiger partial charge in [-0.3, -0.25) is 0 Å². The van der Waals surface area contributed by atoms with Gasteiger partial charge in [0.1, 0.15) is 11.6 Å². The number of aliphatic hydroxyl groups is 1. The van der Waals surface area contributed by atoms with Gasteiger partial charge in [0.05, 0.1) is 49.2 Å². The van der Waals surface area contributed by atoms with Crippen LogP contribution in [-0.2, 0) is 21.8 Å². The van der Waals surface area contributed by atoms with E-state index in [9.17, 15) is 39.9 Å². The van der Waals surface area contributed by atoms with Crippen molar-refractivity contribution in [3.05, 3.63) is 258 Å². The van der Waals surface area contributed by atoms with Gasteiger partial charge in [-0.1, -0.05) is 145 Å². The minimum atomic E-state index is -4.82. The Morgan fingerprint density at radius 1 is 0.500 bits per heavy atom. The molecule has 3 heterocycles. The van der Waals surface area contributed by atoms with Gasteiger partial charge in [-0.2, -0.15) is 13.2 Å². The minimum Gasteiger partial charge on any atom is -0.405 e. The lowest BCUT2D eigenvalue weighted by molar-refractivity contribution is -0.274. The lowest BCUT2D eigenvalue weighted by Gasteiger charge is -2.21. The summed E-state index contributed by atoms with van der Waals surface area (Å²) in [4.78, 5) is 23.0. The molecule has 86 heavy (non-hydrogen) atoms. The van der Waals surface area contributed by atoms with Crippen molar-refractivity contribution in [3.8, 4) is 62.8 Å². The second-order valence-electron chi connectivity index (χ2n) is 19.9. The standard InChI is InChI=1S/C24H20N2O.C23H14F6N2O.C21H15N3O2S/c1-24(2,27)20-11-7-6-10-19(20)18-13-14-21-22(16-18)26-23(25-21)15-12-17-8-4-3-5-9-17;24-22(25,26)16-9-5-14(6-10-16)7-12-21-30-18-11-8-15(13-19(18)31-21)17-3-1-2-4-20(17)32-23(27,28)29;22-27(25,26)20-9-5-4-8-17(20)16-11-12-18-19(14-16)24-21(23-18)13-10-15-6-2-1-3-7-15/h3-11,13-14,16,27H,1-2H3,(H,25,26);1-13H,(H,30,31);1-9,11-12,14H,(H,23,24)(H2,22,25,26)/b;12-7+;. The molecule has 0 fully saturated rings. The zero-order valence-corrected chi connectivity index (χ0v) is 46.4. The van der Waals surface area contributed by atoms with E-state index in [1.165, 1.54) is 36.4 Å². The number of ether oxygens (including phenoxy) is 1. The first-order valence-corrected chi connectivity index (χ1v) is 27.9. The van der Waals surface area contributed by atoms with Crippen LogP contribution >= 0.6 is 0 Å². The number of benzene rings is 9. The number of alkyl halides is 6. The maximum absolute atomic E-state index is 12.7. The molecule has 0 aliphatic heterocycles. The van der Waals surface area contributed by atoms with Crippen molar-refractivity contribution < 1.29 is 44.6 Å². The zero-order chi connectivity index (χ0) is 60.6. The van der Waals surface area contributed by atoms with E-state index >= 15 is 0 Å². The number of aromatic nitrogens is 6. The van der Waals surface area contributed by atoms with E-state index in [1.807, 2.05) is 115 Å². The minimum absolute atomic E-state index is 0.0907. The van der Waals surface area contributed by atoms with E-state index in [1.54, 1.807) is 68.5 Å². The monoisotopic (exact) mass is 1170 g/mol. The lowest BCUT2D eigenvalue weighted by atomic mass is 9.89. The van der Waals surface area contributed by atoms with Gasteiger partial charge in [-0.25, -0.2) is 28.5 Å². The summed E-state index contributed by atoms with van der Waals surface area (Å²) in [6.45, 7) is 3.61. The summed E-state index contributed by atoms with van der Waals surface area (Å²) < 4.78 is 104. The first kappa shape index (κ1) is 58.7. The second kappa shape index (κ2) is 24.8. The van der Waals surface area contributed by atoms with Gasteiger partial charge in [0.15, 0.2) is 11.6 Å². The topological polar surface area (TPSA) is 176 Å². The SMILES string of the molecule is CC(C)(O)c1ccccc1-c1ccc2nc(C#Cc3ccccc3)[nH]c2c1.FC(F)(F)Oc1ccccc1-c1ccc2nc(/C=C/c3ccc(C(F)(F)F)cc3)[nH]c2c1.NS(=O)(=O)c1ccccc1-c1ccc2nc(C#Cc3ccccc3)[nH]c2c1. The lowest BCUT2D eigenvalue weighted by Crippen LogP contribution is -2.17. The number of H-pyrrole nitrogens is 3. The fourth-order valence-corrected chi connectivity index (χ4v) is 9.91. The van der Waals surface area contributed by atoms with Gasteiger partial charge in [0.2, 0.25) is 10.0 Å². The smallest absolute Gasteiger partial charge is 0.405 e. The molecule has 11 nitrogen and oxygen atoms in total. The molecular formula is C68H49F6N7O4S. The molecule has 6 N–H and O–H groups in total. The summed E-state index contributed by atoms with van der Waals surface area (Å²) in [5.41, 5.74) is 10.2. The predicted molar refractivity (Wildman–Crippen MR) is 323 cm³/mol. The molecule has 12 rings (SSSR count). The molecule has 428 valence electrons. The number of nitrogens with one attached hydrogen (secondary N) is 3. The molecule has 18 heteroatoms. The third-order valence-electron chi connectivity index (χ3n) is 13.2. The molecule has 0 saturated heterocycles. The van der Waals surface area contributed by atoms with E-state index in [0.717, 1.165) is 67.6 Å². The highest BCUT2D eigenvalue weighted by atomic mass is 32.2. The quantitative estimate of drug-likeness (QED) is 0.0743. The summed E-state index contributed by atoms with van der Waals surface area (Å²) >= 11 is 0. The molecular weight excluding hydrogens is 1120 g/mol. The van der Waals surface area contributed by atoms with Crippen LogP contribution in [0.4, 0.5) is 26.3 Å². The largest absolute Gasteiger partial charge is 0.573 e. The van der Waals surface area contributed by atoms with Gasteiger partial charge >= 0.3 is 12.5 Å². The highest BCUT2D eigenvalue weighted by molar-refractivity contribution is 7.89. The summed E-state index contributed by atoms with van der Waals surface area (Å²) in [5, 5.41) is 15.8. The Balaban J connectivity index is 0.000000144. The van der Waals surface area contributed by atoms with Crippen LogP contribution in [0, 0.1) is 23.7 Å². The van der Waals surface area contributed by atoms with Crippen LogP contribution < -0.4 is 9.88 Å². The van der Waals surface area contributed by atoms with Crippen LogP contribution in [-0.4, -0.2) is 49.8 Å². The zero-order valence-electron chi connectivity index (χ0n) is 45.6. The highest BCUT2D eigenvalue weighted by Crippen LogP contribution is 2.37. The van der Waals surface area contributed by atoms with E-state index in [-0.39, 0.29) is 16.2 Å². The fourth-order valence-electron chi connectivity index (χ4n) is 9.15. The molecule has 3 aromatic heterocycles. The van der Waals surface area contributed by atoms with Crippen LogP contribution in [0.1, 0.15) is 59.1 Å².